The minimum absolute atomic E-state index is 0.318. The van der Waals surface area contributed by atoms with E-state index in [0.717, 1.165) is 51.3 Å². The largest absolute Gasteiger partial charge is 0.481 e. The Morgan fingerprint density at radius 2 is 2.16 bits per heavy atom. The van der Waals surface area contributed by atoms with Crippen molar-refractivity contribution in [2.45, 2.75) is 39.2 Å². The van der Waals surface area contributed by atoms with Gasteiger partial charge in [0.1, 0.15) is 5.82 Å². The average Bonchev–Trinajstić information content (AvgIpc) is 2.81. The van der Waals surface area contributed by atoms with Gasteiger partial charge in [-0.3, -0.25) is 4.79 Å². The van der Waals surface area contributed by atoms with Gasteiger partial charge >= 0.3 is 5.97 Å². The number of nitrogens with zero attached hydrogens (tertiary/aromatic N) is 3. The molecule has 0 bridgehead atoms. The fourth-order valence-corrected chi connectivity index (χ4v) is 2.72. The van der Waals surface area contributed by atoms with Crippen molar-refractivity contribution in [1.82, 2.24) is 14.5 Å². The van der Waals surface area contributed by atoms with Crippen molar-refractivity contribution in [2.24, 2.45) is 5.92 Å². The van der Waals surface area contributed by atoms with Crippen LogP contribution in [0.25, 0.3) is 0 Å². The first-order valence-corrected chi connectivity index (χ1v) is 7.07. The van der Waals surface area contributed by atoms with Crippen LogP contribution in [-0.4, -0.2) is 45.2 Å². The van der Waals surface area contributed by atoms with Crippen LogP contribution in [0, 0.1) is 12.8 Å². The zero-order valence-electron chi connectivity index (χ0n) is 11.6. The number of rotatable bonds is 6. The number of aromatic nitrogens is 2. The van der Waals surface area contributed by atoms with Crippen LogP contribution in [0.15, 0.2) is 12.4 Å². The van der Waals surface area contributed by atoms with Crippen molar-refractivity contribution < 1.29 is 9.90 Å². The maximum Gasteiger partial charge on any atom is 0.303 e. The molecule has 0 atom stereocenters. The van der Waals surface area contributed by atoms with Gasteiger partial charge in [-0.1, -0.05) is 0 Å². The van der Waals surface area contributed by atoms with E-state index in [1.807, 2.05) is 19.3 Å². The summed E-state index contributed by atoms with van der Waals surface area (Å²) in [5.41, 5.74) is 0. The summed E-state index contributed by atoms with van der Waals surface area (Å²) in [5.74, 6) is 0.997. The van der Waals surface area contributed by atoms with Crippen molar-refractivity contribution in [2.75, 3.05) is 19.6 Å². The van der Waals surface area contributed by atoms with E-state index in [-0.39, 0.29) is 0 Å². The molecule has 0 radical (unpaired) electrons. The molecule has 1 aliphatic heterocycles. The third-order valence-corrected chi connectivity index (χ3v) is 4.05. The molecule has 1 aromatic heterocycles. The standard InChI is InChI=1S/C14H23N3O2/c1-12-15-6-9-17(12)11-10-16-7-4-13(5-8-16)2-3-14(18)19/h6,9,13H,2-5,7-8,10-11H2,1H3,(H,18,19). The molecule has 19 heavy (non-hydrogen) atoms. The van der Waals surface area contributed by atoms with Crippen LogP contribution in [0.4, 0.5) is 0 Å². The fraction of sp³-hybridized carbons (Fsp3) is 0.714. The van der Waals surface area contributed by atoms with Crippen LogP contribution in [-0.2, 0) is 11.3 Å². The van der Waals surface area contributed by atoms with Crippen molar-refractivity contribution in [3.05, 3.63) is 18.2 Å². The van der Waals surface area contributed by atoms with Crippen molar-refractivity contribution in [3.8, 4) is 0 Å². The first kappa shape index (κ1) is 14.1. The van der Waals surface area contributed by atoms with Gasteiger partial charge in [0.05, 0.1) is 0 Å². The monoisotopic (exact) mass is 265 g/mol. The van der Waals surface area contributed by atoms with Gasteiger partial charge in [-0.05, 0) is 45.2 Å². The van der Waals surface area contributed by atoms with E-state index < -0.39 is 5.97 Å². The van der Waals surface area contributed by atoms with Crippen LogP contribution in [0.3, 0.4) is 0 Å². The third kappa shape index (κ3) is 4.35. The van der Waals surface area contributed by atoms with Gasteiger partial charge in [0.15, 0.2) is 0 Å². The number of likely N-dealkylation sites (tertiary alicyclic amines) is 1. The van der Waals surface area contributed by atoms with E-state index >= 15 is 0 Å². The molecule has 2 heterocycles. The fourth-order valence-electron chi connectivity index (χ4n) is 2.72. The molecule has 0 amide bonds. The van der Waals surface area contributed by atoms with E-state index in [1.165, 1.54) is 0 Å². The Bertz CT molecular complexity index is 409. The summed E-state index contributed by atoms with van der Waals surface area (Å²) >= 11 is 0. The summed E-state index contributed by atoms with van der Waals surface area (Å²) in [4.78, 5) is 17.2. The third-order valence-electron chi connectivity index (χ3n) is 4.05. The normalized spacial score (nSPS) is 17.7. The predicted molar refractivity (Wildman–Crippen MR) is 73.0 cm³/mol. The predicted octanol–water partition coefficient (Wildman–Crippen LogP) is 1.77. The molecule has 0 saturated carbocycles. The van der Waals surface area contributed by atoms with Gasteiger partial charge in [0.2, 0.25) is 0 Å². The molecule has 0 aromatic carbocycles. The van der Waals surface area contributed by atoms with Crippen LogP contribution < -0.4 is 0 Å². The molecule has 0 spiro atoms. The number of aliphatic carboxylic acids is 1. The van der Waals surface area contributed by atoms with Gasteiger partial charge in [-0.25, -0.2) is 4.98 Å². The van der Waals surface area contributed by atoms with Crippen LogP contribution in [0.5, 0.6) is 0 Å². The maximum atomic E-state index is 10.6. The lowest BCUT2D eigenvalue weighted by atomic mass is 9.92. The molecule has 5 heteroatoms. The number of imidazole rings is 1. The molecular weight excluding hydrogens is 242 g/mol. The SMILES string of the molecule is Cc1nccn1CCN1CCC(CCC(=O)O)CC1. The summed E-state index contributed by atoms with van der Waals surface area (Å²) in [5, 5.41) is 8.69. The molecule has 0 unspecified atom stereocenters. The smallest absolute Gasteiger partial charge is 0.303 e. The summed E-state index contributed by atoms with van der Waals surface area (Å²) in [6.07, 6.45) is 7.29. The molecule has 1 aromatic rings. The van der Waals surface area contributed by atoms with Crippen molar-refractivity contribution >= 4 is 5.97 Å². The zero-order valence-corrected chi connectivity index (χ0v) is 11.6. The maximum absolute atomic E-state index is 10.6. The number of carboxylic acid groups (broad SMARTS) is 1. The minimum Gasteiger partial charge on any atom is -0.481 e. The molecule has 1 fully saturated rings. The highest BCUT2D eigenvalue weighted by atomic mass is 16.4. The lowest BCUT2D eigenvalue weighted by Crippen LogP contribution is -2.36. The Hall–Kier alpha value is -1.36. The highest BCUT2D eigenvalue weighted by molar-refractivity contribution is 5.66. The van der Waals surface area contributed by atoms with Gasteiger partial charge in [-0.15, -0.1) is 0 Å². The lowest BCUT2D eigenvalue weighted by molar-refractivity contribution is -0.137. The second-order valence-corrected chi connectivity index (χ2v) is 5.39. The van der Waals surface area contributed by atoms with E-state index in [2.05, 4.69) is 14.5 Å². The topological polar surface area (TPSA) is 58.4 Å². The number of hydrogen-bond donors (Lipinski definition) is 1. The summed E-state index contributed by atoms with van der Waals surface area (Å²) < 4.78 is 2.18. The lowest BCUT2D eigenvalue weighted by Gasteiger charge is -2.31. The van der Waals surface area contributed by atoms with E-state index in [4.69, 9.17) is 5.11 Å². The summed E-state index contributed by atoms with van der Waals surface area (Å²) in [6.45, 7) is 6.27. The van der Waals surface area contributed by atoms with Crippen LogP contribution in [0.2, 0.25) is 0 Å². The van der Waals surface area contributed by atoms with Gasteiger partial charge < -0.3 is 14.6 Å². The Morgan fingerprint density at radius 1 is 1.42 bits per heavy atom. The Balaban J connectivity index is 1.66. The number of piperidine rings is 1. The van der Waals surface area contributed by atoms with Crippen LogP contribution in [0.1, 0.15) is 31.5 Å². The average molecular weight is 265 g/mol. The Kier molecular flexibility index (Phi) is 4.96. The first-order chi connectivity index (χ1) is 9.15. The molecular formula is C14H23N3O2. The first-order valence-electron chi connectivity index (χ1n) is 7.07. The molecule has 0 aliphatic carbocycles. The van der Waals surface area contributed by atoms with Gasteiger partial charge in [0.25, 0.3) is 0 Å². The zero-order chi connectivity index (χ0) is 13.7. The number of aryl methyl sites for hydroxylation is 1. The highest BCUT2D eigenvalue weighted by Gasteiger charge is 2.19. The van der Waals surface area contributed by atoms with Crippen molar-refractivity contribution in [3.63, 3.8) is 0 Å². The quantitative estimate of drug-likeness (QED) is 0.851. The number of carbonyl (C=O) groups is 1. The van der Waals surface area contributed by atoms with E-state index in [9.17, 15) is 4.79 Å². The Labute approximate surface area is 114 Å². The molecule has 106 valence electrons. The number of carboxylic acids is 1. The molecule has 1 aliphatic rings. The molecule has 1 saturated heterocycles. The van der Waals surface area contributed by atoms with E-state index in [0.29, 0.717) is 12.3 Å². The second-order valence-electron chi connectivity index (χ2n) is 5.39. The molecule has 2 rings (SSSR count). The molecule has 5 nitrogen and oxygen atoms in total. The summed E-state index contributed by atoms with van der Waals surface area (Å²) in [7, 11) is 0. The Morgan fingerprint density at radius 3 is 2.74 bits per heavy atom. The molecule has 1 N–H and O–H groups in total. The number of hydrogen-bond acceptors (Lipinski definition) is 3. The van der Waals surface area contributed by atoms with Gasteiger partial charge in [0, 0.05) is 31.9 Å². The minimum atomic E-state index is -0.669. The highest BCUT2D eigenvalue weighted by Crippen LogP contribution is 2.21. The summed E-state index contributed by atoms with van der Waals surface area (Å²) in [6, 6.07) is 0. The van der Waals surface area contributed by atoms with Crippen LogP contribution >= 0.6 is 0 Å². The van der Waals surface area contributed by atoms with Gasteiger partial charge in [-0.2, -0.15) is 0 Å². The second kappa shape index (κ2) is 6.70. The van der Waals surface area contributed by atoms with Crippen molar-refractivity contribution in [1.29, 1.82) is 0 Å². The van der Waals surface area contributed by atoms with E-state index in [1.54, 1.807) is 0 Å².